The van der Waals surface area contributed by atoms with E-state index in [1.165, 1.54) is 6.20 Å². The Labute approximate surface area is 155 Å². The van der Waals surface area contributed by atoms with Gasteiger partial charge in [-0.1, -0.05) is 37.0 Å². The van der Waals surface area contributed by atoms with Gasteiger partial charge in [0.1, 0.15) is 5.69 Å². The predicted octanol–water partition coefficient (Wildman–Crippen LogP) is 1.95. The number of nitrogens with zero attached hydrogens (tertiary/aromatic N) is 2. The lowest BCUT2D eigenvalue weighted by molar-refractivity contribution is 0.0907. The van der Waals surface area contributed by atoms with Gasteiger partial charge in [0.05, 0.1) is 11.8 Å². The van der Waals surface area contributed by atoms with Crippen molar-refractivity contribution in [2.24, 2.45) is 5.73 Å². The minimum atomic E-state index is -0.163. The summed E-state index contributed by atoms with van der Waals surface area (Å²) in [6.07, 6.45) is 12.4. The molecule has 1 amide bonds. The van der Waals surface area contributed by atoms with Gasteiger partial charge in [-0.2, -0.15) is 5.10 Å². The van der Waals surface area contributed by atoms with Crippen LogP contribution in [0.3, 0.4) is 0 Å². The summed E-state index contributed by atoms with van der Waals surface area (Å²) >= 11 is 0. The Morgan fingerprint density at radius 3 is 2.88 bits per heavy atom. The topological polar surface area (TPSA) is 87.0 Å². The summed E-state index contributed by atoms with van der Waals surface area (Å²) in [6, 6.07) is 0.192. The van der Waals surface area contributed by atoms with Gasteiger partial charge in [-0.15, -0.1) is 0 Å². The first-order valence-corrected chi connectivity index (χ1v) is 8.97. The van der Waals surface area contributed by atoms with Gasteiger partial charge in [-0.3, -0.25) is 9.89 Å². The van der Waals surface area contributed by atoms with E-state index in [4.69, 9.17) is 5.73 Å². The molecule has 1 aromatic heterocycles. The largest absolute Gasteiger partial charge is 0.404 e. The second-order valence-electron chi connectivity index (χ2n) is 6.10. The quantitative estimate of drug-likeness (QED) is 0.558. The van der Waals surface area contributed by atoms with Crippen molar-refractivity contribution in [3.05, 3.63) is 53.5 Å². The molecular weight excluding hydrogens is 326 g/mol. The van der Waals surface area contributed by atoms with E-state index in [0.717, 1.165) is 32.5 Å². The molecule has 1 saturated heterocycles. The van der Waals surface area contributed by atoms with Crippen LogP contribution in [0, 0.1) is 11.8 Å². The summed E-state index contributed by atoms with van der Waals surface area (Å²) in [4.78, 5) is 14.9. The van der Waals surface area contributed by atoms with Gasteiger partial charge >= 0.3 is 0 Å². The number of rotatable bonds is 5. The molecule has 138 valence electrons. The number of aromatic amines is 1. The molecule has 4 N–H and O–H groups in total. The van der Waals surface area contributed by atoms with E-state index < -0.39 is 0 Å². The Kier molecular flexibility index (Phi) is 7.72. The van der Waals surface area contributed by atoms with Crippen LogP contribution in [-0.2, 0) is 0 Å². The fourth-order valence-corrected chi connectivity index (χ4v) is 2.75. The average Bonchev–Trinajstić information content (AvgIpc) is 3.14. The highest BCUT2D eigenvalue weighted by Crippen LogP contribution is 2.11. The van der Waals surface area contributed by atoms with E-state index in [-0.39, 0.29) is 11.9 Å². The molecule has 0 bridgehead atoms. The number of aromatic nitrogens is 2. The Bertz CT molecular complexity index is 740. The van der Waals surface area contributed by atoms with Crippen molar-refractivity contribution in [2.75, 3.05) is 19.6 Å². The van der Waals surface area contributed by atoms with E-state index >= 15 is 0 Å². The second-order valence-corrected chi connectivity index (χ2v) is 6.10. The number of amides is 1. The van der Waals surface area contributed by atoms with Crippen LogP contribution in [0.5, 0.6) is 0 Å². The van der Waals surface area contributed by atoms with Gasteiger partial charge in [0.15, 0.2) is 0 Å². The standard InChI is InChI=1S/C20H27N5O/c1-3-5-6-7-16(14-21)8-9-17-15-22-24-19(17)20(26)23-18-10-12-25(4-2)13-11-18/h3,5-7,14-15,18H,4,10-13,21H2,1-2H3,(H,22,24)(H,23,26)/b5-3+,7-6-,16-14+. The van der Waals surface area contributed by atoms with Gasteiger partial charge in [0.2, 0.25) is 0 Å². The first-order chi connectivity index (χ1) is 12.7. The van der Waals surface area contributed by atoms with E-state index in [2.05, 4.69) is 39.2 Å². The average molecular weight is 353 g/mol. The lowest BCUT2D eigenvalue weighted by Gasteiger charge is -2.31. The molecule has 6 nitrogen and oxygen atoms in total. The minimum absolute atomic E-state index is 0.163. The molecule has 0 unspecified atom stereocenters. The summed E-state index contributed by atoms with van der Waals surface area (Å²) in [6.45, 7) is 7.18. The van der Waals surface area contributed by atoms with Crippen molar-refractivity contribution in [2.45, 2.75) is 32.7 Å². The maximum Gasteiger partial charge on any atom is 0.270 e. The Balaban J connectivity index is 2.02. The first-order valence-electron chi connectivity index (χ1n) is 8.97. The highest BCUT2D eigenvalue weighted by atomic mass is 16.2. The van der Waals surface area contributed by atoms with Crippen molar-refractivity contribution in [1.82, 2.24) is 20.4 Å². The fraction of sp³-hybridized carbons (Fsp3) is 0.400. The zero-order valence-electron chi connectivity index (χ0n) is 15.5. The maximum atomic E-state index is 12.5. The van der Waals surface area contributed by atoms with Crippen LogP contribution in [0.1, 0.15) is 42.7 Å². The summed E-state index contributed by atoms with van der Waals surface area (Å²) in [5, 5.41) is 9.80. The molecule has 26 heavy (non-hydrogen) atoms. The number of hydrogen-bond donors (Lipinski definition) is 3. The molecule has 0 saturated carbocycles. The molecule has 1 aromatic rings. The van der Waals surface area contributed by atoms with Gasteiger partial charge < -0.3 is 16.0 Å². The van der Waals surface area contributed by atoms with Crippen LogP contribution in [-0.4, -0.2) is 46.7 Å². The molecule has 1 aliphatic rings. The maximum absolute atomic E-state index is 12.5. The Hall–Kier alpha value is -2.78. The van der Waals surface area contributed by atoms with Crippen LogP contribution >= 0.6 is 0 Å². The third-order valence-corrected chi connectivity index (χ3v) is 4.34. The number of piperidine rings is 1. The lowest BCUT2D eigenvalue weighted by atomic mass is 10.0. The number of hydrogen-bond acceptors (Lipinski definition) is 4. The van der Waals surface area contributed by atoms with Crippen molar-refractivity contribution >= 4 is 5.91 Å². The first kappa shape index (κ1) is 19.5. The van der Waals surface area contributed by atoms with Crippen molar-refractivity contribution in [3.8, 4) is 11.8 Å². The third kappa shape index (κ3) is 5.64. The minimum Gasteiger partial charge on any atom is -0.404 e. The van der Waals surface area contributed by atoms with E-state index in [9.17, 15) is 4.79 Å². The summed E-state index contributed by atoms with van der Waals surface area (Å²) in [5.41, 5.74) is 7.22. The predicted molar refractivity (Wildman–Crippen MR) is 104 cm³/mol. The zero-order valence-corrected chi connectivity index (χ0v) is 15.5. The van der Waals surface area contributed by atoms with Gasteiger partial charge in [0, 0.05) is 30.9 Å². The summed E-state index contributed by atoms with van der Waals surface area (Å²) in [5.74, 6) is 5.77. The molecule has 2 heterocycles. The second kappa shape index (κ2) is 10.3. The monoisotopic (exact) mass is 353 g/mol. The van der Waals surface area contributed by atoms with E-state index in [1.807, 2.05) is 31.2 Å². The van der Waals surface area contributed by atoms with E-state index in [0.29, 0.717) is 16.8 Å². The van der Waals surface area contributed by atoms with Crippen LogP contribution in [0.25, 0.3) is 0 Å². The Morgan fingerprint density at radius 2 is 2.23 bits per heavy atom. The van der Waals surface area contributed by atoms with Crippen LogP contribution in [0.2, 0.25) is 0 Å². The SMILES string of the molecule is C/C=C/C=C\C(C#Cc1cn[nH]c1C(=O)NC1CCN(CC)CC1)=C/N. The normalized spacial score (nSPS) is 16.8. The summed E-state index contributed by atoms with van der Waals surface area (Å²) < 4.78 is 0. The number of likely N-dealkylation sites (tertiary alicyclic amines) is 1. The number of carbonyl (C=O) groups is 1. The van der Waals surface area contributed by atoms with Gasteiger partial charge in [0.25, 0.3) is 5.91 Å². The van der Waals surface area contributed by atoms with Crippen LogP contribution < -0.4 is 11.1 Å². The van der Waals surface area contributed by atoms with Gasteiger partial charge in [-0.05, 0) is 32.4 Å². The van der Waals surface area contributed by atoms with Crippen molar-refractivity contribution in [1.29, 1.82) is 0 Å². The smallest absolute Gasteiger partial charge is 0.270 e. The molecular formula is C20H27N5O. The molecule has 0 spiro atoms. The molecule has 6 heteroatoms. The summed E-state index contributed by atoms with van der Waals surface area (Å²) in [7, 11) is 0. The number of allylic oxidation sites excluding steroid dienone is 5. The zero-order chi connectivity index (χ0) is 18.8. The lowest BCUT2D eigenvalue weighted by Crippen LogP contribution is -2.44. The van der Waals surface area contributed by atoms with E-state index in [1.54, 1.807) is 6.20 Å². The molecule has 2 rings (SSSR count). The molecule has 1 aliphatic heterocycles. The molecule has 0 atom stereocenters. The van der Waals surface area contributed by atoms with Crippen LogP contribution in [0.4, 0.5) is 0 Å². The Morgan fingerprint density at radius 1 is 1.46 bits per heavy atom. The fourth-order valence-electron chi connectivity index (χ4n) is 2.75. The van der Waals surface area contributed by atoms with Crippen LogP contribution in [0.15, 0.2) is 42.3 Å². The highest BCUT2D eigenvalue weighted by molar-refractivity contribution is 5.94. The number of nitrogens with one attached hydrogen (secondary N) is 2. The van der Waals surface area contributed by atoms with Crippen molar-refractivity contribution < 1.29 is 4.79 Å². The third-order valence-electron chi connectivity index (χ3n) is 4.34. The highest BCUT2D eigenvalue weighted by Gasteiger charge is 2.21. The molecule has 0 aromatic carbocycles. The van der Waals surface area contributed by atoms with Gasteiger partial charge in [-0.25, -0.2) is 0 Å². The number of H-pyrrole nitrogens is 1. The number of nitrogens with two attached hydrogens (primary N) is 1. The molecule has 1 fully saturated rings. The van der Waals surface area contributed by atoms with Crippen molar-refractivity contribution in [3.63, 3.8) is 0 Å². The molecule has 0 radical (unpaired) electrons. The molecule has 0 aliphatic carbocycles. The number of carbonyl (C=O) groups excluding carboxylic acids is 1.